The van der Waals surface area contributed by atoms with Gasteiger partial charge in [0, 0.05) is 13.3 Å². The lowest BCUT2D eigenvalue weighted by Crippen LogP contribution is -2.40. The van der Waals surface area contributed by atoms with Crippen molar-refractivity contribution in [1.29, 1.82) is 0 Å². The fourth-order valence-corrected chi connectivity index (χ4v) is 1.70. The van der Waals surface area contributed by atoms with Gasteiger partial charge in [-0.2, -0.15) is 0 Å². The summed E-state index contributed by atoms with van der Waals surface area (Å²) in [5, 5.41) is 17.1. The largest absolute Gasteiger partial charge is 0.481 e. The molecule has 1 aromatic carbocycles. The number of hydrogen-bond donors (Lipinski definition) is 2. The predicted molar refractivity (Wildman–Crippen MR) is 89.1 cm³/mol. The molecule has 0 spiro atoms. The van der Waals surface area contributed by atoms with Gasteiger partial charge in [0.1, 0.15) is 11.3 Å². The minimum atomic E-state index is -1.11. The second kappa shape index (κ2) is 10.4. The summed E-state index contributed by atoms with van der Waals surface area (Å²) in [6.07, 6.45) is 1.07. The topological polar surface area (TPSA) is 101 Å². The maximum absolute atomic E-state index is 10.6. The van der Waals surface area contributed by atoms with Gasteiger partial charge >= 0.3 is 17.9 Å². The van der Waals surface area contributed by atoms with Crippen LogP contribution in [0.1, 0.15) is 37.0 Å². The third-order valence-electron chi connectivity index (χ3n) is 3.38. The third kappa shape index (κ3) is 9.58. The molecule has 7 nitrogen and oxygen atoms in total. The summed E-state index contributed by atoms with van der Waals surface area (Å²) >= 11 is 0. The number of para-hydroxylation sites is 1. The Hall–Kier alpha value is -2.41. The molecule has 24 heavy (non-hydrogen) atoms. The molecule has 0 saturated heterocycles. The van der Waals surface area contributed by atoms with Gasteiger partial charge in [-0.05, 0) is 19.1 Å². The van der Waals surface area contributed by atoms with Gasteiger partial charge in [0.15, 0.2) is 0 Å². The molecule has 0 amide bonds. The molecule has 0 fully saturated rings. The minimum absolute atomic E-state index is 0.0160. The van der Waals surface area contributed by atoms with Crippen LogP contribution in [-0.4, -0.2) is 59.8 Å². The Morgan fingerprint density at radius 2 is 1.71 bits per heavy atom. The lowest BCUT2D eigenvalue weighted by Gasteiger charge is -2.27. The number of carbonyl (C=O) groups is 3. The van der Waals surface area contributed by atoms with E-state index in [9.17, 15) is 14.4 Å². The van der Waals surface area contributed by atoms with Crippen molar-refractivity contribution in [3.8, 4) is 5.75 Å². The summed E-state index contributed by atoms with van der Waals surface area (Å²) < 4.78 is 5.60. The average Bonchev–Trinajstić information content (AvgIpc) is 2.47. The number of carboxylic acid groups (broad SMARTS) is 2. The minimum Gasteiger partial charge on any atom is -0.481 e. The van der Waals surface area contributed by atoms with E-state index >= 15 is 0 Å². The Morgan fingerprint density at radius 1 is 1.12 bits per heavy atom. The van der Waals surface area contributed by atoms with Crippen molar-refractivity contribution in [2.75, 3.05) is 27.2 Å². The van der Waals surface area contributed by atoms with Gasteiger partial charge in [-0.1, -0.05) is 12.1 Å². The zero-order chi connectivity index (χ0) is 18.8. The van der Waals surface area contributed by atoms with E-state index in [0.29, 0.717) is 6.42 Å². The zero-order valence-electron chi connectivity index (χ0n) is 14.6. The molecule has 0 unspecified atom stereocenters. The molecule has 0 bridgehead atoms. The van der Waals surface area contributed by atoms with Crippen LogP contribution >= 0.6 is 0 Å². The maximum Gasteiger partial charge on any atom is 0.339 e. The van der Waals surface area contributed by atoms with Crippen molar-refractivity contribution in [2.45, 2.75) is 26.7 Å². The monoisotopic (exact) mass is 340 g/mol. The quantitative estimate of drug-likeness (QED) is 0.448. The molecule has 2 N–H and O–H groups in total. The number of hydrogen-bond acceptors (Lipinski definition) is 4. The van der Waals surface area contributed by atoms with Crippen molar-refractivity contribution in [3.05, 3.63) is 29.8 Å². The van der Waals surface area contributed by atoms with E-state index < -0.39 is 17.9 Å². The number of quaternary nitrogens is 1. The normalized spacial score (nSPS) is 10.3. The summed E-state index contributed by atoms with van der Waals surface area (Å²) in [6, 6.07) is 5.98. The number of benzene rings is 1. The lowest BCUT2D eigenvalue weighted by molar-refractivity contribution is -0.888. The van der Waals surface area contributed by atoms with Crippen molar-refractivity contribution in [1.82, 2.24) is 0 Å². The number of ether oxygens (including phenoxy) is 1. The molecule has 0 radical (unpaired) electrons. The second-order valence-corrected chi connectivity index (χ2v) is 5.87. The summed E-state index contributed by atoms with van der Waals surface area (Å²) in [6.45, 7) is 5.34. The fraction of sp³-hybridized carbons (Fsp3) is 0.471. The Bertz CT molecular complexity index is 568. The maximum atomic E-state index is 10.6. The van der Waals surface area contributed by atoms with Gasteiger partial charge in [-0.3, -0.25) is 9.59 Å². The summed E-state index contributed by atoms with van der Waals surface area (Å²) in [5.74, 6) is -2.27. The summed E-state index contributed by atoms with van der Waals surface area (Å²) in [4.78, 5) is 31.4. The number of carbonyl (C=O) groups excluding carboxylic acids is 1. The van der Waals surface area contributed by atoms with Gasteiger partial charge in [0.05, 0.1) is 33.6 Å². The number of aromatic carboxylic acids is 1. The highest BCUT2D eigenvalue weighted by Gasteiger charge is 2.12. The van der Waals surface area contributed by atoms with E-state index in [2.05, 4.69) is 25.8 Å². The first kappa shape index (κ1) is 21.6. The molecule has 0 aromatic heterocycles. The molecule has 134 valence electrons. The van der Waals surface area contributed by atoms with E-state index in [1.54, 1.807) is 12.1 Å². The lowest BCUT2D eigenvalue weighted by atomic mass is 10.2. The van der Waals surface area contributed by atoms with Crippen molar-refractivity contribution in [2.24, 2.45) is 0 Å². The number of rotatable bonds is 7. The van der Waals surface area contributed by atoms with Crippen molar-refractivity contribution < 1.29 is 33.8 Å². The van der Waals surface area contributed by atoms with Gasteiger partial charge in [-0.25, -0.2) is 4.79 Å². The van der Waals surface area contributed by atoms with Crippen LogP contribution in [0.15, 0.2) is 24.3 Å². The van der Waals surface area contributed by atoms with E-state index in [4.69, 9.17) is 10.2 Å². The molecular weight excluding hydrogens is 314 g/mol. The highest BCUT2D eigenvalue weighted by Crippen LogP contribution is 2.17. The highest BCUT2D eigenvalue weighted by atomic mass is 16.5. The van der Waals surface area contributed by atoms with Gasteiger partial charge < -0.3 is 19.4 Å². The summed E-state index contributed by atoms with van der Waals surface area (Å²) in [7, 11) is 4.23. The smallest absolute Gasteiger partial charge is 0.339 e. The zero-order valence-corrected chi connectivity index (χ0v) is 14.6. The molecule has 0 saturated carbocycles. The molecule has 0 aliphatic heterocycles. The Balaban J connectivity index is 0.000000449. The first-order valence-corrected chi connectivity index (χ1v) is 7.63. The first-order chi connectivity index (χ1) is 11.1. The molecule has 0 atom stereocenters. The Morgan fingerprint density at radius 3 is 2.17 bits per heavy atom. The molecule has 0 aliphatic carbocycles. The molecular formula is C17H26NO6+. The van der Waals surface area contributed by atoms with Crippen LogP contribution in [0.25, 0.3) is 0 Å². The molecule has 0 aliphatic rings. The number of carboxylic acids is 2. The van der Waals surface area contributed by atoms with E-state index in [1.807, 2.05) is 0 Å². The summed E-state index contributed by atoms with van der Waals surface area (Å²) in [5.41, 5.74) is -0.0160. The van der Waals surface area contributed by atoms with E-state index in [-0.39, 0.29) is 11.3 Å². The fourth-order valence-electron chi connectivity index (χ4n) is 1.70. The van der Waals surface area contributed by atoms with Crippen molar-refractivity contribution in [3.63, 3.8) is 0 Å². The van der Waals surface area contributed by atoms with Gasteiger partial charge in [0.2, 0.25) is 0 Å². The first-order valence-electron chi connectivity index (χ1n) is 7.63. The van der Waals surface area contributed by atoms with E-state index in [1.165, 1.54) is 19.1 Å². The number of nitrogens with zero attached hydrogens (tertiary/aromatic N) is 1. The second-order valence-electron chi connectivity index (χ2n) is 5.87. The average molecular weight is 340 g/mol. The van der Waals surface area contributed by atoms with Crippen LogP contribution in [0.4, 0.5) is 0 Å². The molecule has 0 heterocycles. The molecule has 1 rings (SSSR count). The predicted octanol–water partition coefficient (Wildman–Crippen LogP) is 2.26. The van der Waals surface area contributed by atoms with Crippen LogP contribution in [0.3, 0.4) is 0 Å². The highest BCUT2D eigenvalue weighted by molar-refractivity contribution is 5.91. The van der Waals surface area contributed by atoms with Crippen molar-refractivity contribution >= 4 is 17.9 Å². The van der Waals surface area contributed by atoms with Crippen LogP contribution < -0.4 is 4.74 Å². The molecule has 7 heteroatoms. The third-order valence-corrected chi connectivity index (χ3v) is 3.38. The number of aliphatic carboxylic acids is 1. The number of esters is 1. The standard InChI is InChI=1S/C9H8O4.C8H17NO2/c1-6(10)13-8-5-3-2-4-7(8)9(11)12;1-4-9(2,3)7-5-6-8(10)11/h2-5H,1H3,(H,11,12);4-7H2,1-3H3/p+1. The van der Waals surface area contributed by atoms with Crippen LogP contribution in [-0.2, 0) is 9.59 Å². The van der Waals surface area contributed by atoms with Crippen LogP contribution in [0.2, 0.25) is 0 Å². The SMILES string of the molecule is CC(=O)Oc1ccccc1C(=O)O.CC[N+](C)(C)CCCC(=O)O. The van der Waals surface area contributed by atoms with E-state index in [0.717, 1.165) is 24.0 Å². The molecule has 1 aromatic rings. The van der Waals surface area contributed by atoms with Gasteiger partial charge in [0.25, 0.3) is 0 Å². The Labute approximate surface area is 142 Å². The van der Waals surface area contributed by atoms with Crippen LogP contribution in [0, 0.1) is 0 Å². The van der Waals surface area contributed by atoms with Crippen LogP contribution in [0.5, 0.6) is 5.75 Å². The Kier molecular flexibility index (Phi) is 9.34. The van der Waals surface area contributed by atoms with Gasteiger partial charge in [-0.15, -0.1) is 0 Å².